The lowest BCUT2D eigenvalue weighted by molar-refractivity contribution is 0.421. The maximum Gasteiger partial charge on any atom is 0.272 e. The molecule has 1 aliphatic rings. The van der Waals surface area contributed by atoms with Gasteiger partial charge in [-0.25, -0.2) is 4.98 Å². The monoisotopic (exact) mass is 354 g/mol. The molecule has 1 unspecified atom stereocenters. The first kappa shape index (κ1) is 17.7. The van der Waals surface area contributed by atoms with E-state index in [4.69, 9.17) is 0 Å². The Bertz CT molecular complexity index is 888. The van der Waals surface area contributed by atoms with Crippen LogP contribution in [0.15, 0.2) is 28.3 Å². The van der Waals surface area contributed by atoms with Gasteiger partial charge in [0.2, 0.25) is 0 Å². The molecule has 0 amide bonds. The summed E-state index contributed by atoms with van der Waals surface area (Å²) in [6.45, 7) is 9.05. The Morgan fingerprint density at radius 1 is 1.40 bits per heavy atom. The Labute approximate surface area is 152 Å². The molecule has 130 valence electrons. The molecule has 3 rings (SSSR count). The van der Waals surface area contributed by atoms with Crippen molar-refractivity contribution in [1.29, 1.82) is 5.26 Å². The van der Waals surface area contributed by atoms with Crippen LogP contribution in [0.25, 0.3) is 11.3 Å². The van der Waals surface area contributed by atoms with E-state index >= 15 is 0 Å². The van der Waals surface area contributed by atoms with Crippen molar-refractivity contribution in [2.75, 3.05) is 5.75 Å². The minimum absolute atomic E-state index is 0.0512. The zero-order chi connectivity index (χ0) is 18.2. The lowest BCUT2D eigenvalue weighted by Gasteiger charge is -2.24. The van der Waals surface area contributed by atoms with Crippen LogP contribution in [0, 0.1) is 17.2 Å². The van der Waals surface area contributed by atoms with Crippen molar-refractivity contribution in [1.82, 2.24) is 14.5 Å². The van der Waals surface area contributed by atoms with Crippen molar-refractivity contribution < 1.29 is 0 Å². The highest BCUT2D eigenvalue weighted by atomic mass is 32.2. The number of hydrogen-bond acceptors (Lipinski definition) is 5. The zero-order valence-electron chi connectivity index (χ0n) is 15.0. The van der Waals surface area contributed by atoms with Gasteiger partial charge in [-0.3, -0.25) is 14.3 Å². The third-order valence-electron chi connectivity index (χ3n) is 4.52. The van der Waals surface area contributed by atoms with E-state index < -0.39 is 0 Å². The fourth-order valence-corrected chi connectivity index (χ4v) is 4.04. The third-order valence-corrected chi connectivity index (χ3v) is 5.73. The fraction of sp³-hybridized carbons (Fsp3) is 0.474. The van der Waals surface area contributed by atoms with Crippen LogP contribution in [0.2, 0.25) is 0 Å². The number of pyridine rings is 1. The average Bonchev–Trinajstić information content (AvgIpc) is 2.60. The summed E-state index contributed by atoms with van der Waals surface area (Å²) in [6.07, 6.45) is 2.73. The normalized spacial score (nSPS) is 17.0. The highest BCUT2D eigenvalue weighted by Crippen LogP contribution is 2.30. The Morgan fingerprint density at radius 3 is 2.72 bits per heavy atom. The molecular weight excluding hydrogens is 332 g/mol. The van der Waals surface area contributed by atoms with E-state index in [2.05, 4.69) is 43.7 Å². The smallest absolute Gasteiger partial charge is 0.272 e. The Hall–Kier alpha value is -2.13. The van der Waals surface area contributed by atoms with Gasteiger partial charge in [0.05, 0.1) is 5.69 Å². The van der Waals surface area contributed by atoms with Crippen LogP contribution in [0.1, 0.15) is 45.4 Å². The molecule has 0 spiro atoms. The fourth-order valence-electron chi connectivity index (χ4n) is 2.84. The second-order valence-corrected chi connectivity index (χ2v) is 8.40. The molecule has 1 aliphatic heterocycles. The highest BCUT2D eigenvalue weighted by Gasteiger charge is 2.25. The SMILES string of the molecule is CCC1CSc2nc(-c3ccc(C(C)(C)C)nc3)c(C#N)c(=O)n2C1. The van der Waals surface area contributed by atoms with Gasteiger partial charge in [-0.2, -0.15) is 5.26 Å². The molecule has 5 nitrogen and oxygen atoms in total. The number of hydrogen-bond donors (Lipinski definition) is 0. The second-order valence-electron chi connectivity index (χ2n) is 7.41. The molecule has 0 bridgehead atoms. The van der Waals surface area contributed by atoms with E-state index in [0.717, 1.165) is 17.9 Å². The number of thioether (sulfide) groups is 1. The van der Waals surface area contributed by atoms with Gasteiger partial charge in [-0.05, 0) is 18.1 Å². The van der Waals surface area contributed by atoms with Crippen molar-refractivity contribution >= 4 is 11.8 Å². The minimum Gasteiger partial charge on any atom is -0.286 e. The predicted octanol–water partition coefficient (Wildman–Crippen LogP) is 3.61. The molecule has 0 saturated carbocycles. The van der Waals surface area contributed by atoms with Gasteiger partial charge in [0.25, 0.3) is 5.56 Å². The zero-order valence-corrected chi connectivity index (χ0v) is 15.9. The summed E-state index contributed by atoms with van der Waals surface area (Å²) in [5.41, 5.74) is 1.92. The molecule has 0 N–H and O–H groups in total. The van der Waals surface area contributed by atoms with E-state index in [1.807, 2.05) is 12.1 Å². The summed E-state index contributed by atoms with van der Waals surface area (Å²) in [5.74, 6) is 1.40. The van der Waals surface area contributed by atoms with Gasteiger partial charge < -0.3 is 0 Å². The topological polar surface area (TPSA) is 71.6 Å². The van der Waals surface area contributed by atoms with E-state index in [1.54, 1.807) is 22.5 Å². The van der Waals surface area contributed by atoms with Gasteiger partial charge >= 0.3 is 0 Å². The van der Waals surface area contributed by atoms with Crippen molar-refractivity contribution in [2.45, 2.75) is 51.2 Å². The first-order valence-corrected chi connectivity index (χ1v) is 9.48. The molecule has 0 fully saturated rings. The van der Waals surface area contributed by atoms with E-state index in [0.29, 0.717) is 28.9 Å². The van der Waals surface area contributed by atoms with Gasteiger partial charge in [0.1, 0.15) is 11.6 Å². The average molecular weight is 354 g/mol. The van der Waals surface area contributed by atoms with Crippen molar-refractivity contribution in [3.63, 3.8) is 0 Å². The van der Waals surface area contributed by atoms with Crippen molar-refractivity contribution in [2.24, 2.45) is 5.92 Å². The van der Waals surface area contributed by atoms with Crippen molar-refractivity contribution in [3.8, 4) is 17.3 Å². The quantitative estimate of drug-likeness (QED) is 0.771. The van der Waals surface area contributed by atoms with Crippen LogP contribution in [0.3, 0.4) is 0 Å². The number of nitriles is 1. The van der Waals surface area contributed by atoms with Gasteiger partial charge in [0.15, 0.2) is 5.16 Å². The summed E-state index contributed by atoms with van der Waals surface area (Å²) in [6, 6.07) is 5.90. The van der Waals surface area contributed by atoms with Crippen LogP contribution in [0.5, 0.6) is 0 Å². The Balaban J connectivity index is 2.10. The lowest BCUT2D eigenvalue weighted by Crippen LogP contribution is -2.32. The molecule has 2 aromatic rings. The second kappa shape index (κ2) is 6.64. The molecule has 0 radical (unpaired) electrons. The lowest BCUT2D eigenvalue weighted by atomic mass is 9.91. The van der Waals surface area contributed by atoms with Crippen LogP contribution < -0.4 is 5.56 Å². The summed E-state index contributed by atoms with van der Waals surface area (Å²) in [7, 11) is 0. The maximum absolute atomic E-state index is 12.8. The number of fused-ring (bicyclic) bond motifs is 1. The summed E-state index contributed by atoms with van der Waals surface area (Å²) >= 11 is 1.59. The number of nitrogens with zero attached hydrogens (tertiary/aromatic N) is 4. The number of rotatable bonds is 2. The van der Waals surface area contributed by atoms with Gasteiger partial charge in [0, 0.05) is 35.2 Å². The van der Waals surface area contributed by atoms with Gasteiger partial charge in [-0.15, -0.1) is 0 Å². The van der Waals surface area contributed by atoms with E-state index in [-0.39, 0.29) is 16.5 Å². The van der Waals surface area contributed by atoms with Crippen LogP contribution in [-0.4, -0.2) is 20.3 Å². The first-order valence-electron chi connectivity index (χ1n) is 8.49. The highest BCUT2D eigenvalue weighted by molar-refractivity contribution is 7.99. The van der Waals surface area contributed by atoms with Crippen LogP contribution in [0.4, 0.5) is 0 Å². The molecular formula is C19H22N4OS. The maximum atomic E-state index is 12.8. The van der Waals surface area contributed by atoms with Gasteiger partial charge in [-0.1, -0.05) is 45.9 Å². The largest absolute Gasteiger partial charge is 0.286 e. The minimum atomic E-state index is -0.243. The molecule has 1 atom stereocenters. The molecule has 0 saturated heterocycles. The summed E-state index contributed by atoms with van der Waals surface area (Å²) in [4.78, 5) is 21.9. The molecule has 0 aromatic carbocycles. The summed E-state index contributed by atoms with van der Waals surface area (Å²) in [5, 5.41) is 10.2. The Kier molecular flexibility index (Phi) is 4.70. The molecule has 6 heteroatoms. The standard InChI is InChI=1S/C19H22N4OS/c1-5-12-10-23-17(24)14(8-20)16(22-18(23)25-11-12)13-6-7-15(21-9-13)19(2,3)4/h6-7,9,12H,5,10-11H2,1-4H3. The molecule has 0 aliphatic carbocycles. The third kappa shape index (κ3) is 3.34. The Morgan fingerprint density at radius 2 is 2.16 bits per heavy atom. The molecule has 2 aromatic heterocycles. The van der Waals surface area contributed by atoms with Crippen LogP contribution >= 0.6 is 11.8 Å². The molecule has 25 heavy (non-hydrogen) atoms. The molecule has 3 heterocycles. The van der Waals surface area contributed by atoms with Crippen LogP contribution in [-0.2, 0) is 12.0 Å². The predicted molar refractivity (Wildman–Crippen MR) is 99.6 cm³/mol. The first-order chi connectivity index (χ1) is 11.8. The number of aromatic nitrogens is 3. The van der Waals surface area contributed by atoms with E-state index in [1.165, 1.54) is 0 Å². The van der Waals surface area contributed by atoms with Crippen molar-refractivity contribution in [3.05, 3.63) is 39.9 Å². The van der Waals surface area contributed by atoms with E-state index in [9.17, 15) is 10.1 Å². The summed E-state index contributed by atoms with van der Waals surface area (Å²) < 4.78 is 1.65.